The minimum atomic E-state index is -4.71. The molecule has 0 spiro atoms. The van der Waals surface area contributed by atoms with E-state index in [1.165, 1.54) is 193 Å². The number of rotatable bonds is 64. The topological polar surface area (TPSA) is 114 Å². The molecule has 10 heteroatoms. The minimum Gasteiger partial charge on any atom is -0.756 e. The molecule has 84 heavy (non-hydrogen) atoms. The lowest BCUT2D eigenvalue weighted by Crippen LogP contribution is -2.47. The summed E-state index contributed by atoms with van der Waals surface area (Å²) >= 11 is 0. The highest BCUT2D eigenvalue weighted by Crippen LogP contribution is 2.38. The van der Waals surface area contributed by atoms with Gasteiger partial charge in [-0.15, -0.1) is 0 Å². The Hall–Kier alpha value is -2.81. The zero-order chi connectivity index (χ0) is 61.4. The van der Waals surface area contributed by atoms with Gasteiger partial charge in [-0.25, -0.2) is 0 Å². The van der Waals surface area contributed by atoms with Crippen molar-refractivity contribution in [2.24, 2.45) is 0 Å². The molecule has 1 amide bonds. The lowest BCUT2D eigenvalue weighted by molar-refractivity contribution is -0.870. The summed E-state index contributed by atoms with van der Waals surface area (Å²) in [5.74, 6) is -0.545. The summed E-state index contributed by atoms with van der Waals surface area (Å²) in [5, 5.41) is 3.04. The monoisotopic (exact) mass is 1200 g/mol. The number of esters is 1. The zero-order valence-corrected chi connectivity index (χ0v) is 56.7. The quantitative estimate of drug-likeness (QED) is 0.0212. The fourth-order valence-electron chi connectivity index (χ4n) is 10.1. The number of allylic oxidation sites excluding steroid dienone is 13. The summed E-state index contributed by atoms with van der Waals surface area (Å²) in [6, 6.07) is -0.897. The molecule has 0 saturated carbocycles. The molecule has 0 aliphatic rings. The Morgan fingerprint density at radius 3 is 1.11 bits per heavy atom. The van der Waals surface area contributed by atoms with Gasteiger partial charge in [0.05, 0.1) is 33.8 Å². The van der Waals surface area contributed by atoms with Crippen molar-refractivity contribution in [3.8, 4) is 0 Å². The number of ether oxygens (including phenoxy) is 1. The molecule has 0 aromatic heterocycles. The Morgan fingerprint density at radius 2 is 0.726 bits per heavy atom. The highest BCUT2D eigenvalue weighted by molar-refractivity contribution is 7.45. The second-order valence-corrected chi connectivity index (χ2v) is 26.4. The molecule has 1 N–H and O–H groups in total. The number of nitrogens with one attached hydrogen (secondary N) is 1. The van der Waals surface area contributed by atoms with Crippen molar-refractivity contribution >= 4 is 19.7 Å². The lowest BCUT2D eigenvalue weighted by Gasteiger charge is -2.30. The third kappa shape index (κ3) is 63.7. The Labute approximate surface area is 520 Å². The number of hydrogen-bond donors (Lipinski definition) is 1. The molecule has 0 saturated heterocycles. The molecule has 0 bridgehead atoms. The summed E-state index contributed by atoms with van der Waals surface area (Å²) in [7, 11) is 1.18. The largest absolute Gasteiger partial charge is 0.756 e. The van der Waals surface area contributed by atoms with Crippen LogP contribution in [0.25, 0.3) is 0 Å². The van der Waals surface area contributed by atoms with E-state index in [2.05, 4.69) is 99.0 Å². The van der Waals surface area contributed by atoms with Crippen LogP contribution in [0.5, 0.6) is 0 Å². The first-order valence-corrected chi connectivity index (χ1v) is 36.9. The number of phosphoric ester groups is 1. The predicted octanol–water partition coefficient (Wildman–Crippen LogP) is 21.9. The van der Waals surface area contributed by atoms with Crippen LogP contribution >= 0.6 is 7.82 Å². The van der Waals surface area contributed by atoms with Crippen LogP contribution in [-0.2, 0) is 27.9 Å². The third-order valence-corrected chi connectivity index (χ3v) is 16.5. The van der Waals surface area contributed by atoms with Crippen LogP contribution in [0.2, 0.25) is 0 Å². The van der Waals surface area contributed by atoms with Crippen LogP contribution in [0.1, 0.15) is 323 Å². The van der Waals surface area contributed by atoms with Crippen molar-refractivity contribution in [3.05, 3.63) is 85.1 Å². The Kier molecular flexibility index (Phi) is 61.1. The average Bonchev–Trinajstić information content (AvgIpc) is 3.64. The number of nitrogens with zero attached hydrogens (tertiary/aromatic N) is 1. The van der Waals surface area contributed by atoms with Gasteiger partial charge in [0.15, 0.2) is 0 Å². The maximum absolute atomic E-state index is 13.6. The maximum atomic E-state index is 13.6. The molecule has 0 aromatic carbocycles. The van der Waals surface area contributed by atoms with Crippen molar-refractivity contribution in [1.29, 1.82) is 0 Å². The molecule has 0 aromatic rings. The van der Waals surface area contributed by atoms with E-state index in [0.717, 1.165) is 96.3 Å². The van der Waals surface area contributed by atoms with Gasteiger partial charge in [0.2, 0.25) is 5.91 Å². The van der Waals surface area contributed by atoms with Crippen LogP contribution in [0.4, 0.5) is 0 Å². The summed E-state index contributed by atoms with van der Waals surface area (Å²) in [6.45, 7) is 6.81. The normalized spacial score (nSPS) is 14.0. The zero-order valence-electron chi connectivity index (χ0n) is 55.8. The van der Waals surface area contributed by atoms with Crippen molar-refractivity contribution in [2.75, 3.05) is 40.9 Å². The molecule has 0 heterocycles. The van der Waals surface area contributed by atoms with Gasteiger partial charge in [-0.05, 0) is 109 Å². The highest BCUT2D eigenvalue weighted by Gasteiger charge is 2.27. The number of hydrogen-bond acceptors (Lipinski definition) is 7. The minimum absolute atomic E-state index is 0.0265. The fraction of sp³-hybridized carbons (Fsp3) is 0.784. The second-order valence-electron chi connectivity index (χ2n) is 25.0. The fourth-order valence-corrected chi connectivity index (χ4v) is 10.8. The first kappa shape index (κ1) is 81.2. The number of amides is 1. The SMILES string of the molecule is CCCCC/C=C\C/C=C\C/C=C\CCCCCCCCCCCCCCC(=O)OC(/C=C/CCCCCCCCCCCC)C(COP(=O)([O-])OCC[N+](C)(C)C)NC(=O)CCCCCCCCCC/C=C\C/C=C\C/C=C\CCCCC. The summed E-state index contributed by atoms with van der Waals surface area (Å²) in [6.07, 6.45) is 84.1. The molecule has 0 fully saturated rings. The molecule has 0 radical (unpaired) electrons. The predicted molar refractivity (Wildman–Crippen MR) is 362 cm³/mol. The van der Waals surface area contributed by atoms with E-state index >= 15 is 0 Å². The molecular formula is C74H135N2O7P. The molecular weight excluding hydrogens is 1060 g/mol. The number of phosphoric acid groups is 1. The molecule has 0 aliphatic heterocycles. The molecule has 9 nitrogen and oxygen atoms in total. The van der Waals surface area contributed by atoms with E-state index in [0.29, 0.717) is 17.4 Å². The van der Waals surface area contributed by atoms with Gasteiger partial charge in [-0.3, -0.25) is 14.2 Å². The van der Waals surface area contributed by atoms with Gasteiger partial charge in [0.1, 0.15) is 19.3 Å². The maximum Gasteiger partial charge on any atom is 0.306 e. The average molecular weight is 1200 g/mol. The molecule has 3 atom stereocenters. The van der Waals surface area contributed by atoms with Crippen LogP contribution in [0.15, 0.2) is 85.1 Å². The van der Waals surface area contributed by atoms with Gasteiger partial charge in [0, 0.05) is 12.8 Å². The van der Waals surface area contributed by atoms with Gasteiger partial charge in [-0.2, -0.15) is 0 Å². The smallest absolute Gasteiger partial charge is 0.306 e. The van der Waals surface area contributed by atoms with E-state index in [9.17, 15) is 19.0 Å². The van der Waals surface area contributed by atoms with E-state index in [4.69, 9.17) is 13.8 Å². The van der Waals surface area contributed by atoms with E-state index in [1.807, 2.05) is 33.3 Å². The van der Waals surface area contributed by atoms with Crippen LogP contribution < -0.4 is 10.2 Å². The molecule has 3 unspecified atom stereocenters. The van der Waals surface area contributed by atoms with Crippen molar-refractivity contribution in [2.45, 2.75) is 335 Å². The molecule has 488 valence electrons. The van der Waals surface area contributed by atoms with Gasteiger partial charge >= 0.3 is 5.97 Å². The number of likely N-dealkylation sites (N-methyl/N-ethyl adjacent to an activating group) is 1. The van der Waals surface area contributed by atoms with E-state index in [-0.39, 0.29) is 24.9 Å². The number of carbonyl (C=O) groups excluding carboxylic acids is 2. The van der Waals surface area contributed by atoms with Crippen LogP contribution in [-0.4, -0.2) is 69.4 Å². The first-order valence-electron chi connectivity index (χ1n) is 35.4. The molecule has 0 aliphatic carbocycles. The van der Waals surface area contributed by atoms with Crippen molar-refractivity contribution in [3.63, 3.8) is 0 Å². The molecule has 0 rings (SSSR count). The Bertz CT molecular complexity index is 1710. The van der Waals surface area contributed by atoms with Gasteiger partial charge < -0.3 is 28.5 Å². The number of quaternary nitrogens is 1. The first-order chi connectivity index (χ1) is 40.9. The van der Waals surface area contributed by atoms with E-state index < -0.39 is 26.6 Å². The van der Waals surface area contributed by atoms with Gasteiger partial charge in [0.25, 0.3) is 7.82 Å². The van der Waals surface area contributed by atoms with E-state index in [1.54, 1.807) is 0 Å². The van der Waals surface area contributed by atoms with Crippen molar-refractivity contribution in [1.82, 2.24) is 5.32 Å². The summed E-state index contributed by atoms with van der Waals surface area (Å²) in [4.78, 5) is 40.2. The third-order valence-electron chi connectivity index (χ3n) is 15.5. The summed E-state index contributed by atoms with van der Waals surface area (Å²) < 4.78 is 30.4. The van der Waals surface area contributed by atoms with Crippen LogP contribution in [0, 0.1) is 0 Å². The van der Waals surface area contributed by atoms with Crippen LogP contribution in [0.3, 0.4) is 0 Å². The number of unbranched alkanes of at least 4 members (excludes halogenated alkanes) is 36. The highest BCUT2D eigenvalue weighted by atomic mass is 31.2. The van der Waals surface area contributed by atoms with Crippen molar-refractivity contribution < 1.29 is 37.3 Å². The standard InChI is InChI=1S/C74H135N2O7P/c1-7-10-13-16-19-22-25-28-30-32-34-36-37-38-39-41-43-45-47-49-52-55-58-61-64-67-74(78)83-72(65-62-59-56-53-50-27-24-21-18-15-12-9-3)71(70-82-84(79,80)81-69-68-76(4,5)6)75-73(77)66-63-60-57-54-51-48-46-44-42-40-35-33-31-29-26-23-20-17-14-11-8-2/h19-20,22-23,28-31,34-36,40,62,65,71-72H,7-18,21,24-27,32-33,37-39,41-61,63-64,66-70H2,1-6H3,(H-,75,77,79,80)/b22-19-,23-20-,30-28-,31-29-,36-34-,40-35-,65-62+. The van der Waals surface area contributed by atoms with Gasteiger partial charge in [-0.1, -0.05) is 286 Å². The number of carbonyl (C=O) groups is 2. The second kappa shape index (κ2) is 63.2. The lowest BCUT2D eigenvalue weighted by atomic mass is 10.0. The Balaban J connectivity index is 5.09. The summed E-state index contributed by atoms with van der Waals surface area (Å²) in [5.41, 5.74) is 0. The Morgan fingerprint density at radius 1 is 0.417 bits per heavy atom.